The molecule has 0 aromatic carbocycles. The summed E-state index contributed by atoms with van der Waals surface area (Å²) in [5.41, 5.74) is 0. The van der Waals surface area contributed by atoms with E-state index in [1.807, 2.05) is 0 Å². The zero-order valence-corrected chi connectivity index (χ0v) is 8.55. The third-order valence-corrected chi connectivity index (χ3v) is 2.69. The van der Waals surface area contributed by atoms with Gasteiger partial charge in [0.1, 0.15) is 0 Å². The number of carbonyl (C=O) groups is 1. The van der Waals surface area contributed by atoms with Crippen LogP contribution in [0.2, 0.25) is 5.32 Å². The molecule has 0 aromatic heterocycles. The molecule has 0 bridgehead atoms. The molecule has 64 valence electrons. The average molecular weight is 221 g/mol. The van der Waals surface area contributed by atoms with Crippen LogP contribution in [0, 0.1) is 0 Å². The Morgan fingerprint density at radius 1 is 1.64 bits per heavy atom. The number of unbranched alkanes of at least 4 members (excludes halogenated alkanes) is 2. The topological polar surface area (TPSA) is 26.3 Å². The van der Waals surface area contributed by atoms with Crippen molar-refractivity contribution in [3.05, 3.63) is 12.7 Å². The maximum atomic E-state index is 10.5. The number of hydrogen-bond donors (Lipinski definition) is 0. The summed E-state index contributed by atoms with van der Waals surface area (Å²) in [7, 11) is 0. The third-order valence-electron chi connectivity index (χ3n) is 1.14. The second kappa shape index (κ2) is 7.83. The van der Waals surface area contributed by atoms with Crippen molar-refractivity contribution in [2.24, 2.45) is 0 Å². The van der Waals surface area contributed by atoms with Crippen LogP contribution in [0.4, 0.5) is 0 Å². The summed E-state index contributed by atoms with van der Waals surface area (Å²) in [6, 6.07) is 0. The van der Waals surface area contributed by atoms with E-state index in [1.54, 1.807) is 0 Å². The fraction of sp³-hybridized carbons (Fsp3) is 0.625. The van der Waals surface area contributed by atoms with Crippen LogP contribution >= 0.6 is 0 Å². The number of rotatable bonds is 6. The molecule has 0 amide bonds. The second-order valence-corrected chi connectivity index (χ2v) is 3.84. The van der Waals surface area contributed by atoms with Gasteiger partial charge < -0.3 is 0 Å². The Morgan fingerprint density at radius 3 is 2.91 bits per heavy atom. The fourth-order valence-electron chi connectivity index (χ4n) is 0.545. The van der Waals surface area contributed by atoms with Gasteiger partial charge in [-0.3, -0.25) is 0 Å². The molecular formula is C8H14O2Se. The average Bonchev–Trinajstić information content (AvgIpc) is 2.04. The van der Waals surface area contributed by atoms with E-state index in [9.17, 15) is 4.79 Å². The van der Waals surface area contributed by atoms with Gasteiger partial charge >= 0.3 is 74.0 Å². The molecule has 0 fully saturated rings. The zero-order chi connectivity index (χ0) is 8.53. The van der Waals surface area contributed by atoms with Crippen LogP contribution in [0.1, 0.15) is 26.2 Å². The van der Waals surface area contributed by atoms with Gasteiger partial charge in [-0.05, 0) is 0 Å². The van der Waals surface area contributed by atoms with Crippen molar-refractivity contribution in [3.63, 3.8) is 0 Å². The van der Waals surface area contributed by atoms with Gasteiger partial charge in [-0.1, -0.05) is 0 Å². The van der Waals surface area contributed by atoms with Gasteiger partial charge in [-0.15, -0.1) is 0 Å². The Bertz CT molecular complexity index is 123. The van der Waals surface area contributed by atoms with Crippen LogP contribution in [-0.2, 0) is 8.61 Å². The van der Waals surface area contributed by atoms with Crippen LogP contribution in [0.15, 0.2) is 12.7 Å². The summed E-state index contributed by atoms with van der Waals surface area (Å²) in [5.74, 6) is -0.290. The van der Waals surface area contributed by atoms with Gasteiger partial charge in [0.2, 0.25) is 0 Å². The normalized spacial score (nSPS) is 9.18. The summed E-state index contributed by atoms with van der Waals surface area (Å²) >= 11 is 0.0282. The number of carbonyl (C=O) groups excluding carboxylic acids is 1. The molecule has 2 nitrogen and oxygen atoms in total. The summed E-state index contributed by atoms with van der Waals surface area (Å²) in [4.78, 5) is 10.5. The van der Waals surface area contributed by atoms with Gasteiger partial charge in [-0.2, -0.15) is 0 Å². The van der Waals surface area contributed by atoms with Crippen molar-refractivity contribution in [3.8, 4) is 0 Å². The molecule has 0 spiro atoms. The zero-order valence-electron chi connectivity index (χ0n) is 6.84. The molecule has 0 unspecified atom stereocenters. The molecule has 0 rings (SSSR count). The first-order valence-corrected chi connectivity index (χ1v) is 5.68. The monoisotopic (exact) mass is 222 g/mol. The van der Waals surface area contributed by atoms with Crippen molar-refractivity contribution in [2.45, 2.75) is 31.5 Å². The Kier molecular flexibility index (Phi) is 7.64. The minimum atomic E-state index is -0.290. The van der Waals surface area contributed by atoms with Gasteiger partial charge in [0, 0.05) is 0 Å². The van der Waals surface area contributed by atoms with E-state index in [1.165, 1.54) is 25.3 Å². The molecule has 0 radical (unpaired) electrons. The molecule has 0 aliphatic rings. The van der Waals surface area contributed by atoms with Gasteiger partial charge in [0.05, 0.1) is 0 Å². The summed E-state index contributed by atoms with van der Waals surface area (Å²) < 4.78 is 4.84. The van der Waals surface area contributed by atoms with E-state index in [4.69, 9.17) is 3.82 Å². The van der Waals surface area contributed by atoms with E-state index in [2.05, 4.69) is 13.5 Å². The molecule has 0 aliphatic carbocycles. The molecule has 0 aliphatic heterocycles. The molecule has 3 heteroatoms. The second-order valence-electron chi connectivity index (χ2n) is 2.14. The van der Waals surface area contributed by atoms with Crippen LogP contribution in [-0.4, -0.2) is 21.3 Å². The molecule has 0 aromatic rings. The minimum absolute atomic E-state index is 0.0282. The molecule has 0 atom stereocenters. The molecule has 0 N–H and O–H groups in total. The van der Waals surface area contributed by atoms with Crippen molar-refractivity contribution >= 4 is 21.3 Å². The SMILES string of the molecule is C=CC(=O)O[Se]CCCCC. The van der Waals surface area contributed by atoms with E-state index < -0.39 is 0 Å². The van der Waals surface area contributed by atoms with E-state index in [0.29, 0.717) is 0 Å². The summed E-state index contributed by atoms with van der Waals surface area (Å²) in [6.45, 7) is 5.47. The molecule has 0 saturated heterocycles. The quantitative estimate of drug-likeness (QED) is 0.389. The molecule has 0 saturated carbocycles. The van der Waals surface area contributed by atoms with E-state index in [-0.39, 0.29) is 21.3 Å². The Morgan fingerprint density at radius 2 is 2.36 bits per heavy atom. The van der Waals surface area contributed by atoms with Crippen molar-refractivity contribution in [1.82, 2.24) is 0 Å². The van der Waals surface area contributed by atoms with Gasteiger partial charge in [0.25, 0.3) is 0 Å². The summed E-state index contributed by atoms with van der Waals surface area (Å²) in [6.07, 6.45) is 4.82. The van der Waals surface area contributed by atoms with Crippen LogP contribution in [0.5, 0.6) is 0 Å². The van der Waals surface area contributed by atoms with Crippen molar-refractivity contribution in [2.75, 3.05) is 0 Å². The standard InChI is InChI=1S/C8H14O2Se/c1-3-5-6-7-11-10-8(9)4-2/h4H,2-3,5-7H2,1H3. The Hall–Kier alpha value is -0.271. The molecule has 0 heterocycles. The van der Waals surface area contributed by atoms with Crippen molar-refractivity contribution < 1.29 is 8.61 Å². The maximum absolute atomic E-state index is 10.5. The van der Waals surface area contributed by atoms with Crippen LogP contribution < -0.4 is 0 Å². The predicted molar refractivity (Wildman–Crippen MR) is 46.4 cm³/mol. The third kappa shape index (κ3) is 7.63. The first-order chi connectivity index (χ1) is 5.31. The summed E-state index contributed by atoms with van der Waals surface area (Å²) in [5, 5.41) is 1.03. The Balaban J connectivity index is 3.01. The van der Waals surface area contributed by atoms with E-state index >= 15 is 0 Å². The molecular weight excluding hydrogens is 207 g/mol. The van der Waals surface area contributed by atoms with Crippen LogP contribution in [0.3, 0.4) is 0 Å². The first kappa shape index (κ1) is 10.7. The van der Waals surface area contributed by atoms with Crippen molar-refractivity contribution in [1.29, 1.82) is 0 Å². The Labute approximate surface area is 74.5 Å². The fourth-order valence-corrected chi connectivity index (χ4v) is 1.78. The van der Waals surface area contributed by atoms with Gasteiger partial charge in [0.15, 0.2) is 0 Å². The number of hydrogen-bond acceptors (Lipinski definition) is 2. The van der Waals surface area contributed by atoms with Gasteiger partial charge in [-0.25, -0.2) is 0 Å². The van der Waals surface area contributed by atoms with E-state index in [0.717, 1.165) is 5.32 Å². The first-order valence-electron chi connectivity index (χ1n) is 3.77. The predicted octanol–water partition coefficient (Wildman–Crippen LogP) is 1.94. The van der Waals surface area contributed by atoms with Crippen LogP contribution in [0.25, 0.3) is 0 Å². The molecule has 11 heavy (non-hydrogen) atoms.